The van der Waals surface area contributed by atoms with E-state index in [1.807, 2.05) is 24.3 Å². The second-order valence-corrected chi connectivity index (χ2v) is 5.63. The van der Waals surface area contributed by atoms with E-state index in [0.717, 1.165) is 5.56 Å². The van der Waals surface area contributed by atoms with Crippen molar-refractivity contribution in [1.82, 2.24) is 15.0 Å². The lowest BCUT2D eigenvalue weighted by Gasteiger charge is -2.12. The second-order valence-electron chi connectivity index (χ2n) is 4.72. The lowest BCUT2D eigenvalue weighted by atomic mass is 10.3. The Labute approximate surface area is 126 Å². The summed E-state index contributed by atoms with van der Waals surface area (Å²) < 4.78 is 10.3. The standard InChI is InChI=1S/C13H17N3O4S/c1-8(19-3)12-14-11(20-15-12)6-16(2)5-9-4-10(13(17)18)21-7-9/h4,7-8H,5-6H2,1-3H3,(H,17,18). The predicted octanol–water partition coefficient (Wildman–Crippen LogP) is 2.17. The zero-order valence-corrected chi connectivity index (χ0v) is 12.9. The van der Waals surface area contributed by atoms with Crippen LogP contribution in [0.4, 0.5) is 0 Å². The normalized spacial score (nSPS) is 12.8. The van der Waals surface area contributed by atoms with Crippen LogP contribution in [-0.4, -0.2) is 40.3 Å². The van der Waals surface area contributed by atoms with Gasteiger partial charge in [0.15, 0.2) is 5.82 Å². The molecule has 0 aliphatic rings. The summed E-state index contributed by atoms with van der Waals surface area (Å²) >= 11 is 1.22. The first-order valence-corrected chi connectivity index (χ1v) is 7.22. The number of rotatable bonds is 7. The van der Waals surface area contributed by atoms with E-state index < -0.39 is 5.97 Å². The molecular weight excluding hydrogens is 294 g/mol. The SMILES string of the molecule is COC(C)c1noc(CN(C)Cc2csc(C(=O)O)c2)n1. The Bertz CT molecular complexity index is 610. The van der Waals surface area contributed by atoms with Crippen molar-refractivity contribution in [3.63, 3.8) is 0 Å². The zero-order valence-electron chi connectivity index (χ0n) is 12.1. The van der Waals surface area contributed by atoms with Gasteiger partial charge in [-0.05, 0) is 31.0 Å². The Hall–Kier alpha value is -1.77. The zero-order chi connectivity index (χ0) is 15.4. The molecular formula is C13H17N3O4S. The van der Waals surface area contributed by atoms with Gasteiger partial charge in [0.2, 0.25) is 5.89 Å². The Balaban J connectivity index is 1.93. The van der Waals surface area contributed by atoms with Gasteiger partial charge in [-0.3, -0.25) is 4.90 Å². The van der Waals surface area contributed by atoms with E-state index in [2.05, 4.69) is 10.1 Å². The quantitative estimate of drug-likeness (QED) is 0.838. The molecule has 114 valence electrons. The smallest absolute Gasteiger partial charge is 0.345 e. The first kappa shape index (κ1) is 15.6. The van der Waals surface area contributed by atoms with Gasteiger partial charge < -0.3 is 14.4 Å². The molecule has 2 aromatic rings. The van der Waals surface area contributed by atoms with Crippen molar-refractivity contribution in [3.05, 3.63) is 33.6 Å². The van der Waals surface area contributed by atoms with E-state index in [1.165, 1.54) is 11.3 Å². The van der Waals surface area contributed by atoms with Crippen molar-refractivity contribution >= 4 is 17.3 Å². The van der Waals surface area contributed by atoms with E-state index in [0.29, 0.717) is 29.7 Å². The number of ether oxygens (including phenoxy) is 1. The highest BCUT2D eigenvalue weighted by molar-refractivity contribution is 7.12. The maximum Gasteiger partial charge on any atom is 0.345 e. The molecule has 0 fully saturated rings. The monoisotopic (exact) mass is 311 g/mol. The number of methoxy groups -OCH3 is 1. The maximum absolute atomic E-state index is 10.8. The fourth-order valence-electron chi connectivity index (χ4n) is 1.77. The van der Waals surface area contributed by atoms with Gasteiger partial charge in [-0.15, -0.1) is 11.3 Å². The molecule has 0 aliphatic heterocycles. The van der Waals surface area contributed by atoms with Crippen molar-refractivity contribution in [3.8, 4) is 0 Å². The lowest BCUT2D eigenvalue weighted by Crippen LogP contribution is -2.17. The maximum atomic E-state index is 10.8. The fourth-order valence-corrected chi connectivity index (χ4v) is 2.51. The average molecular weight is 311 g/mol. The molecule has 0 saturated carbocycles. The number of hydrogen-bond acceptors (Lipinski definition) is 7. The minimum atomic E-state index is -0.899. The van der Waals surface area contributed by atoms with E-state index in [-0.39, 0.29) is 6.10 Å². The molecule has 0 spiro atoms. The summed E-state index contributed by atoms with van der Waals surface area (Å²) in [4.78, 5) is 17.4. The molecule has 7 nitrogen and oxygen atoms in total. The van der Waals surface area contributed by atoms with E-state index >= 15 is 0 Å². The molecule has 0 bridgehead atoms. The number of aromatic carboxylic acids is 1. The van der Waals surface area contributed by atoms with Crippen molar-refractivity contribution in [2.24, 2.45) is 0 Å². The number of hydrogen-bond donors (Lipinski definition) is 1. The molecule has 2 rings (SSSR count). The summed E-state index contributed by atoms with van der Waals surface area (Å²) in [6.07, 6.45) is -0.206. The fraction of sp³-hybridized carbons (Fsp3) is 0.462. The minimum absolute atomic E-state index is 0.206. The van der Waals surface area contributed by atoms with Crippen molar-refractivity contribution in [2.45, 2.75) is 26.1 Å². The molecule has 2 heterocycles. The van der Waals surface area contributed by atoms with Crippen LogP contribution in [-0.2, 0) is 17.8 Å². The Morgan fingerprint density at radius 3 is 2.95 bits per heavy atom. The number of thiophene rings is 1. The summed E-state index contributed by atoms with van der Waals surface area (Å²) in [5.74, 6) is 0.124. The van der Waals surface area contributed by atoms with Crippen LogP contribution in [0, 0.1) is 0 Å². The highest BCUT2D eigenvalue weighted by Crippen LogP contribution is 2.17. The van der Waals surface area contributed by atoms with E-state index in [4.69, 9.17) is 14.4 Å². The van der Waals surface area contributed by atoms with Gasteiger partial charge >= 0.3 is 5.97 Å². The molecule has 1 unspecified atom stereocenters. The van der Waals surface area contributed by atoms with Crippen molar-refractivity contribution in [2.75, 3.05) is 14.2 Å². The van der Waals surface area contributed by atoms with Gasteiger partial charge in [-0.1, -0.05) is 5.16 Å². The molecule has 0 radical (unpaired) electrons. The van der Waals surface area contributed by atoms with Gasteiger partial charge in [0.1, 0.15) is 11.0 Å². The highest BCUT2D eigenvalue weighted by atomic mass is 32.1. The average Bonchev–Trinajstić information content (AvgIpc) is 3.07. The first-order valence-electron chi connectivity index (χ1n) is 6.34. The summed E-state index contributed by atoms with van der Waals surface area (Å²) in [6.45, 7) is 2.94. The van der Waals surface area contributed by atoms with Crippen LogP contribution in [0.25, 0.3) is 0 Å². The third-order valence-corrected chi connectivity index (χ3v) is 3.89. The van der Waals surface area contributed by atoms with Crippen LogP contribution in [0.15, 0.2) is 16.0 Å². The van der Waals surface area contributed by atoms with Gasteiger partial charge in [0.25, 0.3) is 0 Å². The molecule has 1 atom stereocenters. The minimum Gasteiger partial charge on any atom is -0.477 e. The first-order chi connectivity index (χ1) is 9.99. The second kappa shape index (κ2) is 6.79. The topological polar surface area (TPSA) is 88.7 Å². The molecule has 8 heteroatoms. The molecule has 0 aromatic carbocycles. The van der Waals surface area contributed by atoms with Gasteiger partial charge in [-0.2, -0.15) is 4.98 Å². The Morgan fingerprint density at radius 1 is 1.57 bits per heavy atom. The third-order valence-electron chi connectivity index (χ3n) is 2.92. The van der Waals surface area contributed by atoms with Gasteiger partial charge in [0.05, 0.1) is 6.54 Å². The van der Waals surface area contributed by atoms with E-state index in [1.54, 1.807) is 13.2 Å². The molecule has 0 saturated heterocycles. The van der Waals surface area contributed by atoms with Crippen molar-refractivity contribution < 1.29 is 19.2 Å². The van der Waals surface area contributed by atoms with Gasteiger partial charge in [-0.25, -0.2) is 4.79 Å². The number of aromatic nitrogens is 2. The van der Waals surface area contributed by atoms with Crippen LogP contribution in [0.5, 0.6) is 0 Å². The predicted molar refractivity (Wildman–Crippen MR) is 76.2 cm³/mol. The van der Waals surface area contributed by atoms with Crippen LogP contribution in [0.3, 0.4) is 0 Å². The van der Waals surface area contributed by atoms with E-state index in [9.17, 15) is 4.79 Å². The van der Waals surface area contributed by atoms with Crippen LogP contribution in [0.2, 0.25) is 0 Å². The number of nitrogens with zero attached hydrogens (tertiary/aromatic N) is 3. The molecule has 2 aromatic heterocycles. The summed E-state index contributed by atoms with van der Waals surface area (Å²) in [5.41, 5.74) is 0.949. The third kappa shape index (κ3) is 4.10. The van der Waals surface area contributed by atoms with Crippen LogP contribution < -0.4 is 0 Å². The highest BCUT2D eigenvalue weighted by Gasteiger charge is 2.15. The molecule has 0 aliphatic carbocycles. The van der Waals surface area contributed by atoms with Crippen LogP contribution in [0.1, 0.15) is 40.0 Å². The molecule has 1 N–H and O–H groups in total. The number of carboxylic acids is 1. The number of carbonyl (C=O) groups is 1. The van der Waals surface area contributed by atoms with Crippen LogP contribution >= 0.6 is 11.3 Å². The Morgan fingerprint density at radius 2 is 2.33 bits per heavy atom. The van der Waals surface area contributed by atoms with Crippen molar-refractivity contribution in [1.29, 1.82) is 0 Å². The summed E-state index contributed by atoms with van der Waals surface area (Å²) in [5, 5.41) is 14.6. The molecule has 21 heavy (non-hydrogen) atoms. The largest absolute Gasteiger partial charge is 0.477 e. The van der Waals surface area contributed by atoms with Gasteiger partial charge in [0, 0.05) is 13.7 Å². The summed E-state index contributed by atoms with van der Waals surface area (Å²) in [7, 11) is 3.49. The lowest BCUT2D eigenvalue weighted by molar-refractivity contribution is 0.0702. The molecule has 0 amide bonds. The Kier molecular flexibility index (Phi) is 5.05. The number of carboxylic acid groups (broad SMARTS) is 1. The summed E-state index contributed by atoms with van der Waals surface area (Å²) in [6, 6.07) is 1.68.